The molecule has 25 heavy (non-hydrogen) atoms. The van der Waals surface area contributed by atoms with Crippen LogP contribution in [-0.2, 0) is 4.79 Å². The molecule has 8 nitrogen and oxygen atoms in total. The largest absolute Gasteiger partial charge is 0.459 e. The van der Waals surface area contributed by atoms with Gasteiger partial charge in [0.25, 0.3) is 5.91 Å². The van der Waals surface area contributed by atoms with E-state index in [0.717, 1.165) is 0 Å². The molecule has 3 aliphatic heterocycles. The smallest absolute Gasteiger partial charge is 0.352 e. The van der Waals surface area contributed by atoms with Gasteiger partial charge in [-0.25, -0.2) is 9.79 Å². The summed E-state index contributed by atoms with van der Waals surface area (Å²) in [5.74, 6) is -0.517. The minimum Gasteiger partial charge on any atom is -0.459 e. The SMILES string of the molecule is O=C(c1ccco1)N1CCC(N2C(=O)N=C3N=CC=CC3C2=O)CC1. The maximum Gasteiger partial charge on any atom is 0.352 e. The number of carbonyl (C=O) groups is 3. The van der Waals surface area contributed by atoms with Crippen molar-refractivity contribution in [3.05, 3.63) is 36.3 Å². The molecule has 0 bridgehead atoms. The van der Waals surface area contributed by atoms with Gasteiger partial charge in [0.1, 0.15) is 11.8 Å². The first-order chi connectivity index (χ1) is 12.1. The van der Waals surface area contributed by atoms with Crippen LogP contribution in [0, 0.1) is 5.92 Å². The third-order valence-electron chi connectivity index (χ3n) is 4.64. The fraction of sp³-hybridized carbons (Fsp3) is 0.353. The van der Waals surface area contributed by atoms with E-state index in [4.69, 9.17) is 4.42 Å². The summed E-state index contributed by atoms with van der Waals surface area (Å²) in [4.78, 5) is 48.1. The molecule has 0 radical (unpaired) electrons. The molecule has 0 spiro atoms. The summed E-state index contributed by atoms with van der Waals surface area (Å²) < 4.78 is 5.14. The molecule has 4 heterocycles. The van der Waals surface area contributed by atoms with Crippen molar-refractivity contribution >= 4 is 29.9 Å². The highest BCUT2D eigenvalue weighted by Crippen LogP contribution is 2.26. The highest BCUT2D eigenvalue weighted by molar-refractivity contribution is 6.19. The van der Waals surface area contributed by atoms with Crippen LogP contribution in [0.5, 0.6) is 0 Å². The zero-order chi connectivity index (χ0) is 17.4. The highest BCUT2D eigenvalue weighted by atomic mass is 16.3. The maximum atomic E-state index is 12.7. The Bertz CT molecular complexity index is 801. The van der Waals surface area contributed by atoms with E-state index in [1.165, 1.54) is 17.4 Å². The fourth-order valence-electron chi connectivity index (χ4n) is 3.35. The van der Waals surface area contributed by atoms with E-state index in [9.17, 15) is 14.4 Å². The van der Waals surface area contributed by atoms with Crippen molar-refractivity contribution < 1.29 is 18.8 Å². The molecule has 8 heteroatoms. The van der Waals surface area contributed by atoms with Crippen molar-refractivity contribution in [3.63, 3.8) is 0 Å². The lowest BCUT2D eigenvalue weighted by Crippen LogP contribution is -2.54. The summed E-state index contributed by atoms with van der Waals surface area (Å²) in [5, 5.41) is 0. The van der Waals surface area contributed by atoms with Gasteiger partial charge in [0, 0.05) is 25.3 Å². The van der Waals surface area contributed by atoms with Crippen molar-refractivity contribution in [2.24, 2.45) is 15.9 Å². The van der Waals surface area contributed by atoms with E-state index in [1.54, 1.807) is 29.2 Å². The molecule has 1 aromatic heterocycles. The molecular formula is C17H16N4O4. The van der Waals surface area contributed by atoms with Gasteiger partial charge in [0.2, 0.25) is 5.91 Å². The number of dihydropyridines is 1. The quantitative estimate of drug-likeness (QED) is 0.815. The van der Waals surface area contributed by atoms with Crippen LogP contribution in [0.25, 0.3) is 0 Å². The van der Waals surface area contributed by atoms with Crippen LogP contribution < -0.4 is 0 Å². The molecule has 0 saturated carbocycles. The maximum absolute atomic E-state index is 12.7. The monoisotopic (exact) mass is 340 g/mol. The number of carbonyl (C=O) groups excluding carboxylic acids is 3. The van der Waals surface area contributed by atoms with Gasteiger partial charge in [-0.2, -0.15) is 4.99 Å². The number of piperidine rings is 1. The van der Waals surface area contributed by atoms with Crippen LogP contribution in [0.2, 0.25) is 0 Å². The molecule has 128 valence electrons. The van der Waals surface area contributed by atoms with E-state index in [0.29, 0.717) is 31.7 Å². The van der Waals surface area contributed by atoms with Gasteiger partial charge in [-0.05, 0) is 31.1 Å². The number of hydrogen-bond acceptors (Lipinski definition) is 5. The average molecular weight is 340 g/mol. The molecule has 4 rings (SSSR count). The minimum atomic E-state index is -0.592. The summed E-state index contributed by atoms with van der Waals surface area (Å²) in [5.41, 5.74) is 0. The summed E-state index contributed by atoms with van der Waals surface area (Å²) in [7, 11) is 0. The van der Waals surface area contributed by atoms with Gasteiger partial charge >= 0.3 is 6.03 Å². The zero-order valence-corrected chi connectivity index (χ0v) is 13.4. The predicted molar refractivity (Wildman–Crippen MR) is 88.4 cm³/mol. The van der Waals surface area contributed by atoms with E-state index >= 15 is 0 Å². The Kier molecular flexibility index (Phi) is 3.79. The molecule has 0 aliphatic carbocycles. The van der Waals surface area contributed by atoms with Gasteiger partial charge in [-0.3, -0.25) is 14.5 Å². The molecular weight excluding hydrogens is 324 g/mol. The van der Waals surface area contributed by atoms with Crippen molar-refractivity contribution in [1.82, 2.24) is 9.80 Å². The fourth-order valence-corrected chi connectivity index (χ4v) is 3.35. The zero-order valence-electron chi connectivity index (χ0n) is 13.4. The van der Waals surface area contributed by atoms with Crippen LogP contribution in [0.3, 0.4) is 0 Å². The van der Waals surface area contributed by atoms with Crippen molar-refractivity contribution in [2.45, 2.75) is 18.9 Å². The van der Waals surface area contributed by atoms with E-state index in [1.807, 2.05) is 0 Å². The number of amidine groups is 1. The van der Waals surface area contributed by atoms with Gasteiger partial charge in [-0.15, -0.1) is 0 Å². The predicted octanol–water partition coefficient (Wildman–Crippen LogP) is 1.50. The summed E-state index contributed by atoms with van der Waals surface area (Å²) in [6, 6.07) is 2.46. The van der Waals surface area contributed by atoms with Crippen LogP contribution in [0.15, 0.2) is 44.9 Å². The Morgan fingerprint density at radius 2 is 2.04 bits per heavy atom. The second kappa shape index (κ2) is 6.12. The Hall–Kier alpha value is -3.03. The first-order valence-corrected chi connectivity index (χ1v) is 8.14. The van der Waals surface area contributed by atoms with Gasteiger partial charge < -0.3 is 9.32 Å². The molecule has 1 saturated heterocycles. The van der Waals surface area contributed by atoms with Crippen LogP contribution in [0.4, 0.5) is 4.79 Å². The molecule has 0 N–H and O–H groups in total. The number of amides is 4. The first-order valence-electron chi connectivity index (χ1n) is 8.14. The van der Waals surface area contributed by atoms with Crippen LogP contribution in [-0.4, -0.2) is 58.8 Å². The van der Waals surface area contributed by atoms with Crippen LogP contribution in [0.1, 0.15) is 23.4 Å². The number of hydrogen-bond donors (Lipinski definition) is 0. The topological polar surface area (TPSA) is 95.6 Å². The third kappa shape index (κ3) is 2.69. The average Bonchev–Trinajstić information content (AvgIpc) is 3.16. The van der Waals surface area contributed by atoms with Crippen LogP contribution >= 0.6 is 0 Å². The molecule has 1 fully saturated rings. The second-order valence-corrected chi connectivity index (χ2v) is 6.10. The number of fused-ring (bicyclic) bond motifs is 1. The number of urea groups is 1. The number of furan rings is 1. The second-order valence-electron chi connectivity index (χ2n) is 6.10. The lowest BCUT2D eigenvalue weighted by Gasteiger charge is -2.38. The number of allylic oxidation sites excluding steroid dienone is 1. The Morgan fingerprint density at radius 1 is 1.24 bits per heavy atom. The Morgan fingerprint density at radius 3 is 2.76 bits per heavy atom. The highest BCUT2D eigenvalue weighted by Gasteiger charge is 2.41. The summed E-state index contributed by atoms with van der Waals surface area (Å²) in [6.45, 7) is 0.910. The lowest BCUT2D eigenvalue weighted by atomic mass is 9.97. The van der Waals surface area contributed by atoms with E-state index in [2.05, 4.69) is 9.98 Å². The van der Waals surface area contributed by atoms with Gasteiger partial charge in [0.15, 0.2) is 5.76 Å². The standard InChI is InChI=1S/C17H16N4O4/c22-15-12-3-1-7-18-14(12)19-17(24)21(15)11-5-8-20(9-6-11)16(23)13-4-2-10-25-13/h1-4,7,10-12H,5-6,8-9H2. The summed E-state index contributed by atoms with van der Waals surface area (Å²) >= 11 is 0. The third-order valence-corrected chi connectivity index (χ3v) is 4.64. The summed E-state index contributed by atoms with van der Waals surface area (Å²) in [6.07, 6.45) is 7.40. The number of likely N-dealkylation sites (tertiary alicyclic amines) is 1. The lowest BCUT2D eigenvalue weighted by molar-refractivity contribution is -0.131. The molecule has 0 aromatic carbocycles. The van der Waals surface area contributed by atoms with E-state index in [-0.39, 0.29) is 23.7 Å². The first kappa shape index (κ1) is 15.5. The van der Waals surface area contributed by atoms with Crippen molar-refractivity contribution in [2.75, 3.05) is 13.1 Å². The van der Waals surface area contributed by atoms with Crippen molar-refractivity contribution in [3.8, 4) is 0 Å². The molecule has 1 aromatic rings. The number of nitrogens with zero attached hydrogens (tertiary/aromatic N) is 4. The molecule has 1 unspecified atom stereocenters. The molecule has 1 atom stereocenters. The number of imide groups is 1. The van der Waals surface area contributed by atoms with Crippen molar-refractivity contribution in [1.29, 1.82) is 0 Å². The molecule has 3 aliphatic rings. The van der Waals surface area contributed by atoms with Gasteiger partial charge in [0.05, 0.1) is 6.26 Å². The van der Waals surface area contributed by atoms with Gasteiger partial charge in [-0.1, -0.05) is 6.08 Å². The normalized spacial score (nSPS) is 23.7. The van der Waals surface area contributed by atoms with E-state index < -0.39 is 11.9 Å². The number of rotatable bonds is 2. The minimum absolute atomic E-state index is 0.176. The Labute approximate surface area is 143 Å². The molecule has 4 amide bonds. The Balaban J connectivity index is 1.46. The number of aliphatic imine (C=N–C) groups is 2.